The van der Waals surface area contributed by atoms with Crippen LogP contribution in [-0.2, 0) is 18.4 Å². The molecule has 2 heterocycles. The standard InChI is InChI=1S/C19H21N5O2/c1-13(25)22-17-7-6-16(9-18(17)26-3)21-11-15-12-24(2)23-19(15)14-5-4-8-20-10-14/h4-10,12,21H,11H2,1-3H3,(H,22,25). The van der Waals surface area contributed by atoms with Crippen LogP contribution in [-0.4, -0.2) is 27.8 Å². The van der Waals surface area contributed by atoms with E-state index in [2.05, 4.69) is 20.7 Å². The molecule has 7 heteroatoms. The normalized spacial score (nSPS) is 10.4. The fourth-order valence-corrected chi connectivity index (χ4v) is 2.70. The highest BCUT2D eigenvalue weighted by Gasteiger charge is 2.11. The molecule has 0 aliphatic heterocycles. The maximum atomic E-state index is 11.3. The number of aromatic nitrogens is 3. The number of amides is 1. The molecule has 1 amide bonds. The van der Waals surface area contributed by atoms with Crippen molar-refractivity contribution in [3.05, 3.63) is 54.5 Å². The van der Waals surface area contributed by atoms with Crippen LogP contribution in [0, 0.1) is 0 Å². The van der Waals surface area contributed by atoms with E-state index < -0.39 is 0 Å². The molecule has 134 valence electrons. The van der Waals surface area contributed by atoms with Gasteiger partial charge in [-0.2, -0.15) is 5.10 Å². The van der Waals surface area contributed by atoms with Crippen LogP contribution >= 0.6 is 0 Å². The first-order valence-corrected chi connectivity index (χ1v) is 8.19. The Morgan fingerprint density at radius 3 is 2.85 bits per heavy atom. The summed E-state index contributed by atoms with van der Waals surface area (Å²) >= 11 is 0. The highest BCUT2D eigenvalue weighted by atomic mass is 16.5. The number of carbonyl (C=O) groups excluding carboxylic acids is 1. The molecule has 3 aromatic rings. The lowest BCUT2D eigenvalue weighted by Gasteiger charge is -2.12. The van der Waals surface area contributed by atoms with Crippen molar-refractivity contribution in [3.63, 3.8) is 0 Å². The molecule has 0 fully saturated rings. The average Bonchev–Trinajstić information content (AvgIpc) is 3.02. The van der Waals surface area contributed by atoms with Gasteiger partial charge in [-0.15, -0.1) is 0 Å². The summed E-state index contributed by atoms with van der Waals surface area (Å²) < 4.78 is 7.15. The molecular formula is C19H21N5O2. The number of methoxy groups -OCH3 is 1. The van der Waals surface area contributed by atoms with Crippen LogP contribution in [0.2, 0.25) is 0 Å². The van der Waals surface area contributed by atoms with Crippen LogP contribution in [0.25, 0.3) is 11.3 Å². The summed E-state index contributed by atoms with van der Waals surface area (Å²) in [6, 6.07) is 9.45. The summed E-state index contributed by atoms with van der Waals surface area (Å²) in [6.45, 7) is 2.06. The van der Waals surface area contributed by atoms with Crippen LogP contribution < -0.4 is 15.4 Å². The number of hydrogen-bond donors (Lipinski definition) is 2. The second kappa shape index (κ2) is 7.69. The Morgan fingerprint density at radius 1 is 1.31 bits per heavy atom. The number of pyridine rings is 1. The van der Waals surface area contributed by atoms with Crippen LogP contribution in [0.1, 0.15) is 12.5 Å². The quantitative estimate of drug-likeness (QED) is 0.713. The average molecular weight is 351 g/mol. The van der Waals surface area contributed by atoms with Crippen molar-refractivity contribution in [1.29, 1.82) is 0 Å². The number of nitrogens with zero attached hydrogens (tertiary/aromatic N) is 3. The summed E-state index contributed by atoms with van der Waals surface area (Å²) in [5.74, 6) is 0.462. The van der Waals surface area contributed by atoms with Crippen molar-refractivity contribution in [2.45, 2.75) is 13.5 Å². The van der Waals surface area contributed by atoms with Gasteiger partial charge in [0, 0.05) is 62.0 Å². The molecule has 0 bridgehead atoms. The van der Waals surface area contributed by atoms with Crippen molar-refractivity contribution in [3.8, 4) is 17.0 Å². The monoisotopic (exact) mass is 351 g/mol. The third-order valence-corrected chi connectivity index (χ3v) is 3.83. The predicted molar refractivity (Wildman–Crippen MR) is 101 cm³/mol. The Bertz CT molecular complexity index is 906. The minimum absolute atomic E-state index is 0.138. The largest absolute Gasteiger partial charge is 0.494 e. The van der Waals surface area contributed by atoms with Gasteiger partial charge in [0.1, 0.15) is 5.75 Å². The number of rotatable bonds is 6. The molecule has 3 rings (SSSR count). The zero-order valence-corrected chi connectivity index (χ0v) is 15.0. The van der Waals surface area contributed by atoms with E-state index in [1.807, 2.05) is 43.6 Å². The fourth-order valence-electron chi connectivity index (χ4n) is 2.70. The highest BCUT2D eigenvalue weighted by Crippen LogP contribution is 2.29. The first-order chi connectivity index (χ1) is 12.6. The number of carbonyl (C=O) groups is 1. The molecule has 1 aromatic carbocycles. The third kappa shape index (κ3) is 4.00. The molecule has 0 radical (unpaired) electrons. The van der Waals surface area contributed by atoms with Gasteiger partial charge in [-0.3, -0.25) is 14.5 Å². The molecule has 0 saturated heterocycles. The summed E-state index contributed by atoms with van der Waals surface area (Å²) in [7, 11) is 3.47. The van der Waals surface area contributed by atoms with Crippen molar-refractivity contribution in [2.24, 2.45) is 7.05 Å². The van der Waals surface area contributed by atoms with Crippen LogP contribution in [0.15, 0.2) is 48.9 Å². The van der Waals surface area contributed by atoms with E-state index in [0.29, 0.717) is 18.0 Å². The molecule has 0 aliphatic rings. The smallest absolute Gasteiger partial charge is 0.221 e. The van der Waals surface area contributed by atoms with Gasteiger partial charge in [-0.05, 0) is 24.3 Å². The van der Waals surface area contributed by atoms with Gasteiger partial charge in [-0.1, -0.05) is 0 Å². The second-order valence-corrected chi connectivity index (χ2v) is 5.87. The Morgan fingerprint density at radius 2 is 2.15 bits per heavy atom. The van der Waals surface area contributed by atoms with Gasteiger partial charge in [0.15, 0.2) is 0 Å². The van der Waals surface area contributed by atoms with Gasteiger partial charge in [-0.25, -0.2) is 0 Å². The SMILES string of the molecule is COc1cc(NCc2cn(C)nc2-c2cccnc2)ccc1NC(C)=O. The molecule has 7 nitrogen and oxygen atoms in total. The first-order valence-electron chi connectivity index (χ1n) is 8.19. The molecule has 26 heavy (non-hydrogen) atoms. The minimum Gasteiger partial charge on any atom is -0.494 e. The number of benzene rings is 1. The third-order valence-electron chi connectivity index (χ3n) is 3.83. The highest BCUT2D eigenvalue weighted by molar-refractivity contribution is 5.90. The molecular weight excluding hydrogens is 330 g/mol. The molecule has 2 N–H and O–H groups in total. The molecule has 0 spiro atoms. The van der Waals surface area contributed by atoms with Gasteiger partial charge < -0.3 is 15.4 Å². The second-order valence-electron chi connectivity index (χ2n) is 5.87. The van der Waals surface area contributed by atoms with Crippen molar-refractivity contribution >= 4 is 17.3 Å². The summed E-state index contributed by atoms with van der Waals surface area (Å²) in [5, 5.41) is 10.7. The van der Waals surface area contributed by atoms with Crippen LogP contribution in [0.4, 0.5) is 11.4 Å². The molecule has 0 atom stereocenters. The van der Waals surface area contributed by atoms with E-state index in [4.69, 9.17) is 4.74 Å². The number of anilines is 2. The van der Waals surface area contributed by atoms with E-state index in [1.54, 1.807) is 24.2 Å². The first kappa shape index (κ1) is 17.5. The number of ether oxygens (including phenoxy) is 1. The zero-order chi connectivity index (χ0) is 18.5. The Hall–Kier alpha value is -3.35. The number of hydrogen-bond acceptors (Lipinski definition) is 5. The number of nitrogens with one attached hydrogen (secondary N) is 2. The minimum atomic E-state index is -0.138. The van der Waals surface area contributed by atoms with E-state index in [9.17, 15) is 4.79 Å². The van der Waals surface area contributed by atoms with E-state index in [0.717, 1.165) is 22.5 Å². The van der Waals surface area contributed by atoms with Crippen LogP contribution in [0.5, 0.6) is 5.75 Å². The summed E-state index contributed by atoms with van der Waals surface area (Å²) in [5.41, 5.74) is 4.46. The van der Waals surface area contributed by atoms with E-state index >= 15 is 0 Å². The molecule has 0 unspecified atom stereocenters. The summed E-state index contributed by atoms with van der Waals surface area (Å²) in [6.07, 6.45) is 5.53. The van der Waals surface area contributed by atoms with Gasteiger partial charge >= 0.3 is 0 Å². The Balaban J connectivity index is 1.79. The van der Waals surface area contributed by atoms with Crippen molar-refractivity contribution in [2.75, 3.05) is 17.7 Å². The lowest BCUT2D eigenvalue weighted by molar-refractivity contribution is -0.114. The topological polar surface area (TPSA) is 81.1 Å². The molecule has 2 aromatic heterocycles. The lowest BCUT2D eigenvalue weighted by atomic mass is 10.1. The number of aryl methyl sites for hydroxylation is 1. The van der Waals surface area contributed by atoms with Gasteiger partial charge in [0.05, 0.1) is 18.5 Å². The molecule has 0 saturated carbocycles. The molecule has 0 aliphatic carbocycles. The lowest BCUT2D eigenvalue weighted by Crippen LogP contribution is -2.07. The van der Waals surface area contributed by atoms with E-state index in [1.165, 1.54) is 6.92 Å². The maximum Gasteiger partial charge on any atom is 0.221 e. The fraction of sp³-hybridized carbons (Fsp3) is 0.211. The van der Waals surface area contributed by atoms with Crippen molar-refractivity contribution < 1.29 is 9.53 Å². The maximum absolute atomic E-state index is 11.3. The Kier molecular flexibility index (Phi) is 5.17. The van der Waals surface area contributed by atoms with Crippen molar-refractivity contribution in [1.82, 2.24) is 14.8 Å². The zero-order valence-electron chi connectivity index (χ0n) is 15.0. The van der Waals surface area contributed by atoms with Crippen LogP contribution in [0.3, 0.4) is 0 Å². The predicted octanol–water partition coefficient (Wildman–Crippen LogP) is 3.06. The van der Waals surface area contributed by atoms with E-state index in [-0.39, 0.29) is 5.91 Å². The van der Waals surface area contributed by atoms with Gasteiger partial charge in [0.2, 0.25) is 5.91 Å². The van der Waals surface area contributed by atoms with Gasteiger partial charge in [0.25, 0.3) is 0 Å². The summed E-state index contributed by atoms with van der Waals surface area (Å²) in [4.78, 5) is 15.4. The Labute approximate surface area is 152 Å².